The number of carbonyl (C=O) groups excluding carboxylic acids is 2. The van der Waals surface area contributed by atoms with Crippen LogP contribution in [0.4, 0.5) is 0 Å². The fourth-order valence-corrected chi connectivity index (χ4v) is 3.20. The molecule has 132 valence electrons. The molecule has 3 rings (SSSR count). The number of hydrogen-bond donors (Lipinski definition) is 1. The van der Waals surface area contributed by atoms with E-state index in [-0.39, 0.29) is 18.4 Å². The summed E-state index contributed by atoms with van der Waals surface area (Å²) in [6.45, 7) is 3.33. The molecule has 1 aliphatic heterocycles. The van der Waals surface area contributed by atoms with E-state index in [9.17, 15) is 9.59 Å². The second-order valence-corrected chi connectivity index (χ2v) is 6.35. The van der Waals surface area contributed by atoms with Gasteiger partial charge in [-0.3, -0.25) is 9.59 Å². The molecule has 1 atom stereocenters. The Morgan fingerprint density at radius 1 is 1.32 bits per heavy atom. The molecule has 1 aromatic heterocycles. The maximum atomic E-state index is 12.1. The van der Waals surface area contributed by atoms with Gasteiger partial charge in [0.05, 0.1) is 12.5 Å². The van der Waals surface area contributed by atoms with E-state index in [0.717, 1.165) is 19.4 Å². The minimum Gasteiger partial charge on any atom is -0.369 e. The minimum atomic E-state index is -0.461. The Hall–Kier alpha value is -2.70. The Kier molecular flexibility index (Phi) is 5.11. The lowest BCUT2D eigenvalue weighted by atomic mass is 10.1. The third kappa shape index (κ3) is 4.04. The number of aryl methyl sites for hydroxylation is 2. The van der Waals surface area contributed by atoms with E-state index in [1.807, 2.05) is 34.7 Å². The Morgan fingerprint density at radius 3 is 2.72 bits per heavy atom. The third-order valence-corrected chi connectivity index (χ3v) is 4.48. The van der Waals surface area contributed by atoms with Crippen molar-refractivity contribution < 1.29 is 9.59 Å². The molecule has 25 heavy (non-hydrogen) atoms. The van der Waals surface area contributed by atoms with Crippen LogP contribution in [0.5, 0.6) is 0 Å². The summed E-state index contributed by atoms with van der Waals surface area (Å²) >= 11 is 0. The maximum Gasteiger partial charge on any atom is 0.225 e. The van der Waals surface area contributed by atoms with Gasteiger partial charge in [-0.15, -0.1) is 0 Å². The van der Waals surface area contributed by atoms with E-state index in [2.05, 4.69) is 22.2 Å². The molecule has 7 nitrogen and oxygen atoms in total. The largest absolute Gasteiger partial charge is 0.369 e. The summed E-state index contributed by atoms with van der Waals surface area (Å²) in [6.07, 6.45) is 2.26. The van der Waals surface area contributed by atoms with Crippen molar-refractivity contribution in [3.8, 4) is 0 Å². The van der Waals surface area contributed by atoms with Crippen molar-refractivity contribution in [1.29, 1.82) is 0 Å². The number of benzene rings is 1. The molecule has 0 radical (unpaired) electrons. The normalized spacial score (nSPS) is 15.6. The smallest absolute Gasteiger partial charge is 0.225 e. The van der Waals surface area contributed by atoms with Gasteiger partial charge in [-0.05, 0) is 25.3 Å². The van der Waals surface area contributed by atoms with Gasteiger partial charge in [0.15, 0.2) is 5.82 Å². The van der Waals surface area contributed by atoms with Crippen LogP contribution in [0.25, 0.3) is 0 Å². The first-order valence-electron chi connectivity index (χ1n) is 8.60. The van der Waals surface area contributed by atoms with Crippen molar-refractivity contribution in [2.45, 2.75) is 45.2 Å². The summed E-state index contributed by atoms with van der Waals surface area (Å²) in [7, 11) is 0. The summed E-state index contributed by atoms with van der Waals surface area (Å²) in [4.78, 5) is 29.6. The summed E-state index contributed by atoms with van der Waals surface area (Å²) in [5.41, 5.74) is 6.48. The molecule has 0 aliphatic carbocycles. The van der Waals surface area contributed by atoms with Crippen molar-refractivity contribution in [2.24, 2.45) is 5.73 Å². The van der Waals surface area contributed by atoms with E-state index in [1.54, 1.807) is 0 Å². The molecule has 0 unspecified atom stereocenters. The summed E-state index contributed by atoms with van der Waals surface area (Å²) in [6, 6.07) is 9.95. The lowest BCUT2D eigenvalue weighted by Gasteiger charge is -2.23. The van der Waals surface area contributed by atoms with Gasteiger partial charge >= 0.3 is 0 Å². The number of hydrogen-bond acceptors (Lipinski definition) is 4. The highest BCUT2D eigenvalue weighted by Gasteiger charge is 2.29. The number of aromatic nitrogens is 3. The van der Waals surface area contributed by atoms with Gasteiger partial charge in [0.25, 0.3) is 0 Å². The van der Waals surface area contributed by atoms with E-state index < -0.39 is 5.91 Å². The second kappa shape index (κ2) is 7.46. The SMILES string of the molecule is C[C@H](c1nc(CC(N)=O)nn1CCc1ccccc1)N1CCCC1=O. The Balaban J connectivity index is 1.82. The molecule has 0 bridgehead atoms. The lowest BCUT2D eigenvalue weighted by molar-refractivity contribution is -0.129. The Bertz CT molecular complexity index is 756. The molecule has 7 heteroatoms. The van der Waals surface area contributed by atoms with Gasteiger partial charge in [-0.25, -0.2) is 9.67 Å². The van der Waals surface area contributed by atoms with Crippen LogP contribution in [0.3, 0.4) is 0 Å². The molecule has 0 spiro atoms. The number of rotatable bonds is 7. The number of likely N-dealkylation sites (tertiary alicyclic amines) is 1. The zero-order valence-corrected chi connectivity index (χ0v) is 14.4. The van der Waals surface area contributed by atoms with Crippen LogP contribution in [0.1, 0.15) is 43.0 Å². The molecule has 2 N–H and O–H groups in total. The average Bonchev–Trinajstić information content (AvgIpc) is 3.19. The molecular formula is C18H23N5O2. The van der Waals surface area contributed by atoms with Gasteiger partial charge in [0.2, 0.25) is 11.8 Å². The molecular weight excluding hydrogens is 318 g/mol. The van der Waals surface area contributed by atoms with Crippen molar-refractivity contribution in [1.82, 2.24) is 19.7 Å². The number of nitrogens with two attached hydrogens (primary N) is 1. The Labute approximate surface area is 146 Å². The molecule has 2 amide bonds. The summed E-state index contributed by atoms with van der Waals surface area (Å²) in [5.74, 6) is 0.801. The van der Waals surface area contributed by atoms with Crippen LogP contribution in [0.2, 0.25) is 0 Å². The molecule has 2 aromatic rings. The second-order valence-electron chi connectivity index (χ2n) is 6.35. The molecule has 1 fully saturated rings. The van der Waals surface area contributed by atoms with Gasteiger partial charge in [0.1, 0.15) is 5.82 Å². The maximum absolute atomic E-state index is 12.1. The van der Waals surface area contributed by atoms with Crippen LogP contribution >= 0.6 is 0 Å². The Morgan fingerprint density at radius 2 is 2.08 bits per heavy atom. The van der Waals surface area contributed by atoms with E-state index in [1.165, 1.54) is 5.56 Å². The standard InChI is InChI=1S/C18H23N5O2/c1-13(22-10-5-8-17(22)25)18-20-16(12-15(19)24)21-23(18)11-9-14-6-3-2-4-7-14/h2-4,6-7,13H,5,8-12H2,1H3,(H2,19,24)/t13-/m1/s1. The minimum absolute atomic E-state index is 0.00596. The first-order valence-corrected chi connectivity index (χ1v) is 8.60. The fourth-order valence-electron chi connectivity index (χ4n) is 3.20. The van der Waals surface area contributed by atoms with Crippen LogP contribution in [0.15, 0.2) is 30.3 Å². The predicted molar refractivity (Wildman–Crippen MR) is 92.4 cm³/mol. The topological polar surface area (TPSA) is 94.1 Å². The summed E-state index contributed by atoms with van der Waals surface area (Å²) in [5, 5.41) is 4.45. The molecule has 0 saturated carbocycles. The van der Waals surface area contributed by atoms with E-state index >= 15 is 0 Å². The number of amides is 2. The molecule has 2 heterocycles. The van der Waals surface area contributed by atoms with Gasteiger partial charge in [-0.1, -0.05) is 30.3 Å². The molecule has 1 aliphatic rings. The van der Waals surface area contributed by atoms with Crippen LogP contribution in [-0.2, 0) is 29.0 Å². The first-order chi connectivity index (χ1) is 12.0. The zero-order chi connectivity index (χ0) is 17.8. The number of primary amides is 1. The van der Waals surface area contributed by atoms with Crippen LogP contribution < -0.4 is 5.73 Å². The third-order valence-electron chi connectivity index (χ3n) is 4.48. The van der Waals surface area contributed by atoms with Gasteiger partial charge in [-0.2, -0.15) is 5.10 Å². The number of nitrogens with zero attached hydrogens (tertiary/aromatic N) is 4. The average molecular weight is 341 g/mol. The predicted octanol–water partition coefficient (Wildman–Crippen LogP) is 1.23. The fraction of sp³-hybridized carbons (Fsp3) is 0.444. The monoisotopic (exact) mass is 341 g/mol. The van der Waals surface area contributed by atoms with Gasteiger partial charge in [0, 0.05) is 19.5 Å². The van der Waals surface area contributed by atoms with Crippen molar-refractivity contribution in [2.75, 3.05) is 6.54 Å². The quantitative estimate of drug-likeness (QED) is 0.819. The lowest BCUT2D eigenvalue weighted by Crippen LogP contribution is -2.30. The first kappa shape index (κ1) is 17.1. The zero-order valence-electron chi connectivity index (χ0n) is 14.4. The highest BCUT2D eigenvalue weighted by Crippen LogP contribution is 2.24. The molecule has 1 aromatic carbocycles. The highest BCUT2D eigenvalue weighted by atomic mass is 16.2. The van der Waals surface area contributed by atoms with E-state index in [0.29, 0.717) is 24.6 Å². The van der Waals surface area contributed by atoms with Crippen LogP contribution in [-0.4, -0.2) is 38.0 Å². The molecule has 1 saturated heterocycles. The van der Waals surface area contributed by atoms with Crippen molar-refractivity contribution >= 4 is 11.8 Å². The van der Waals surface area contributed by atoms with E-state index in [4.69, 9.17) is 5.73 Å². The summed E-state index contributed by atoms with van der Waals surface area (Å²) < 4.78 is 1.81. The number of carbonyl (C=O) groups is 2. The van der Waals surface area contributed by atoms with Gasteiger partial charge < -0.3 is 10.6 Å². The highest BCUT2D eigenvalue weighted by molar-refractivity contribution is 5.78. The van der Waals surface area contributed by atoms with Crippen molar-refractivity contribution in [3.63, 3.8) is 0 Å². The van der Waals surface area contributed by atoms with Crippen LogP contribution in [0, 0.1) is 0 Å². The van der Waals surface area contributed by atoms with Crippen molar-refractivity contribution in [3.05, 3.63) is 47.5 Å².